The van der Waals surface area contributed by atoms with Crippen LogP contribution in [0.5, 0.6) is 5.75 Å². The topological polar surface area (TPSA) is 41.5 Å². The number of halogens is 1. The Morgan fingerprint density at radius 2 is 1.80 bits per heavy atom. The lowest BCUT2D eigenvalue weighted by Gasteiger charge is -2.15. The Morgan fingerprint density at radius 1 is 1.10 bits per heavy atom. The van der Waals surface area contributed by atoms with Crippen LogP contribution in [0.25, 0.3) is 10.8 Å². The molecule has 2 aromatic rings. The fourth-order valence-corrected chi connectivity index (χ4v) is 1.94. The van der Waals surface area contributed by atoms with E-state index < -0.39 is 6.10 Å². The number of hydrogen-bond acceptors (Lipinski definition) is 3. The SMILES string of the molecule is CC(C)NC[C@@H](O)COc1cccc2ccccc12.F. The number of ether oxygens (including phenoxy) is 1. The van der Waals surface area contributed by atoms with Gasteiger partial charge in [-0.05, 0) is 11.5 Å². The zero-order chi connectivity index (χ0) is 13.7. The van der Waals surface area contributed by atoms with Crippen molar-refractivity contribution in [3.8, 4) is 5.75 Å². The molecule has 0 spiro atoms. The first-order valence-corrected chi connectivity index (χ1v) is 6.69. The van der Waals surface area contributed by atoms with Gasteiger partial charge in [-0.1, -0.05) is 50.2 Å². The Kier molecular flexibility index (Phi) is 6.42. The summed E-state index contributed by atoms with van der Waals surface area (Å²) in [6.07, 6.45) is -0.499. The van der Waals surface area contributed by atoms with Crippen LogP contribution >= 0.6 is 0 Å². The first-order valence-electron chi connectivity index (χ1n) is 6.69. The second kappa shape index (κ2) is 7.82. The first kappa shape index (κ1) is 16.4. The second-order valence-electron chi connectivity index (χ2n) is 5.01. The average Bonchev–Trinajstić information content (AvgIpc) is 2.42. The van der Waals surface area contributed by atoms with Crippen molar-refractivity contribution in [3.05, 3.63) is 42.5 Å². The van der Waals surface area contributed by atoms with Crippen LogP contribution in [0.3, 0.4) is 0 Å². The molecule has 0 aliphatic heterocycles. The van der Waals surface area contributed by atoms with Gasteiger partial charge in [-0.25, -0.2) is 0 Å². The predicted molar refractivity (Wildman–Crippen MR) is 81.1 cm³/mol. The quantitative estimate of drug-likeness (QED) is 0.854. The highest BCUT2D eigenvalue weighted by Crippen LogP contribution is 2.25. The van der Waals surface area contributed by atoms with Gasteiger partial charge >= 0.3 is 0 Å². The molecule has 2 N–H and O–H groups in total. The lowest BCUT2D eigenvalue weighted by molar-refractivity contribution is 0.105. The molecule has 110 valence electrons. The number of fused-ring (bicyclic) bond motifs is 1. The number of aliphatic hydroxyl groups is 1. The van der Waals surface area contributed by atoms with Crippen molar-refractivity contribution in [3.63, 3.8) is 0 Å². The van der Waals surface area contributed by atoms with Gasteiger partial charge in [0, 0.05) is 18.0 Å². The fraction of sp³-hybridized carbons (Fsp3) is 0.375. The molecule has 0 fully saturated rings. The molecule has 0 radical (unpaired) electrons. The van der Waals surface area contributed by atoms with Crippen LogP contribution in [0.1, 0.15) is 13.8 Å². The van der Waals surface area contributed by atoms with Crippen molar-refractivity contribution < 1.29 is 14.5 Å². The van der Waals surface area contributed by atoms with Crippen molar-refractivity contribution in [2.45, 2.75) is 26.0 Å². The van der Waals surface area contributed by atoms with E-state index in [-0.39, 0.29) is 4.70 Å². The third kappa shape index (κ3) is 4.47. The summed E-state index contributed by atoms with van der Waals surface area (Å²) in [4.78, 5) is 0. The summed E-state index contributed by atoms with van der Waals surface area (Å²) in [5.41, 5.74) is 0. The van der Waals surface area contributed by atoms with Gasteiger partial charge < -0.3 is 15.2 Å². The minimum atomic E-state index is -0.499. The third-order valence-corrected chi connectivity index (χ3v) is 2.94. The summed E-state index contributed by atoms with van der Waals surface area (Å²) in [6.45, 7) is 4.95. The van der Waals surface area contributed by atoms with Gasteiger partial charge in [0.05, 0.1) is 0 Å². The Labute approximate surface area is 118 Å². The summed E-state index contributed by atoms with van der Waals surface area (Å²) in [6, 6.07) is 14.4. The van der Waals surface area contributed by atoms with Gasteiger partial charge in [-0.2, -0.15) is 0 Å². The highest BCUT2D eigenvalue weighted by Gasteiger charge is 2.07. The Hall–Kier alpha value is -1.65. The molecule has 4 heteroatoms. The van der Waals surface area contributed by atoms with Crippen LogP contribution in [0.4, 0.5) is 4.70 Å². The van der Waals surface area contributed by atoms with Crippen molar-refractivity contribution in [1.82, 2.24) is 5.32 Å². The van der Waals surface area contributed by atoms with Crippen molar-refractivity contribution in [2.75, 3.05) is 13.2 Å². The van der Waals surface area contributed by atoms with E-state index in [0.717, 1.165) is 16.5 Å². The average molecular weight is 279 g/mol. The molecule has 0 saturated heterocycles. The third-order valence-electron chi connectivity index (χ3n) is 2.94. The standard InChI is InChI=1S/C16H21NO2.FH/c1-12(2)17-10-14(18)11-19-16-9-5-7-13-6-3-4-8-15(13)16;/h3-9,12,14,17-18H,10-11H2,1-2H3;1H/t14-;/m1./s1. The maximum Gasteiger partial charge on any atom is 0.127 e. The van der Waals surface area contributed by atoms with E-state index in [2.05, 4.69) is 31.3 Å². The van der Waals surface area contributed by atoms with Gasteiger partial charge in [0.25, 0.3) is 0 Å². The molecule has 0 heterocycles. The second-order valence-corrected chi connectivity index (χ2v) is 5.01. The van der Waals surface area contributed by atoms with E-state index in [9.17, 15) is 5.11 Å². The van der Waals surface area contributed by atoms with Crippen molar-refractivity contribution in [1.29, 1.82) is 0 Å². The molecular weight excluding hydrogens is 257 g/mol. The minimum Gasteiger partial charge on any atom is -0.490 e. The minimum absolute atomic E-state index is 0. The first-order chi connectivity index (χ1) is 9.16. The molecule has 20 heavy (non-hydrogen) atoms. The summed E-state index contributed by atoms with van der Waals surface area (Å²) < 4.78 is 5.72. The normalized spacial score (nSPS) is 12.2. The molecule has 1 atom stereocenters. The molecule has 0 aliphatic carbocycles. The van der Waals surface area contributed by atoms with Crippen LogP contribution < -0.4 is 10.1 Å². The van der Waals surface area contributed by atoms with Crippen LogP contribution in [0.15, 0.2) is 42.5 Å². The summed E-state index contributed by atoms with van der Waals surface area (Å²) in [5.74, 6) is 0.821. The van der Waals surface area contributed by atoms with Gasteiger partial charge in [-0.3, -0.25) is 4.70 Å². The number of hydrogen-bond donors (Lipinski definition) is 2. The molecule has 0 unspecified atom stereocenters. The number of benzene rings is 2. The zero-order valence-corrected chi connectivity index (χ0v) is 11.9. The van der Waals surface area contributed by atoms with Crippen molar-refractivity contribution in [2.24, 2.45) is 0 Å². The van der Waals surface area contributed by atoms with E-state index in [4.69, 9.17) is 4.74 Å². The van der Waals surface area contributed by atoms with E-state index >= 15 is 0 Å². The molecule has 0 bridgehead atoms. The molecular formula is C16H22FNO2. The summed E-state index contributed by atoms with van der Waals surface area (Å²) in [7, 11) is 0. The molecule has 0 aliphatic rings. The molecule has 3 nitrogen and oxygen atoms in total. The number of aliphatic hydroxyl groups excluding tert-OH is 1. The van der Waals surface area contributed by atoms with Gasteiger partial charge in [-0.15, -0.1) is 0 Å². The molecule has 0 aromatic heterocycles. The lowest BCUT2D eigenvalue weighted by Crippen LogP contribution is -2.35. The monoisotopic (exact) mass is 279 g/mol. The predicted octanol–water partition coefficient (Wildman–Crippen LogP) is 2.73. The molecule has 2 aromatic carbocycles. The maximum absolute atomic E-state index is 9.84. The highest BCUT2D eigenvalue weighted by atomic mass is 19.0. The summed E-state index contributed by atoms with van der Waals surface area (Å²) in [5, 5.41) is 15.3. The molecule has 0 amide bonds. The maximum atomic E-state index is 9.84. The van der Waals surface area contributed by atoms with Gasteiger partial charge in [0.2, 0.25) is 0 Å². The van der Waals surface area contributed by atoms with Crippen LogP contribution in [-0.4, -0.2) is 30.4 Å². The largest absolute Gasteiger partial charge is 0.490 e. The lowest BCUT2D eigenvalue weighted by atomic mass is 10.1. The number of rotatable bonds is 6. The fourth-order valence-electron chi connectivity index (χ4n) is 1.94. The molecule has 0 saturated carbocycles. The van der Waals surface area contributed by atoms with Gasteiger partial charge in [0.1, 0.15) is 18.5 Å². The Balaban J connectivity index is 0.00000200. The van der Waals surface area contributed by atoms with Crippen LogP contribution in [-0.2, 0) is 0 Å². The number of nitrogens with one attached hydrogen (secondary N) is 1. The smallest absolute Gasteiger partial charge is 0.127 e. The highest BCUT2D eigenvalue weighted by molar-refractivity contribution is 5.88. The Bertz CT molecular complexity index is 525. The zero-order valence-electron chi connectivity index (χ0n) is 11.9. The van der Waals surface area contributed by atoms with E-state index in [0.29, 0.717) is 19.2 Å². The van der Waals surface area contributed by atoms with Crippen molar-refractivity contribution >= 4 is 10.8 Å². The van der Waals surface area contributed by atoms with Crippen LogP contribution in [0.2, 0.25) is 0 Å². The Morgan fingerprint density at radius 3 is 2.55 bits per heavy atom. The van der Waals surface area contributed by atoms with E-state index in [1.807, 2.05) is 30.3 Å². The molecule has 2 rings (SSSR count). The van der Waals surface area contributed by atoms with Gasteiger partial charge in [0.15, 0.2) is 0 Å². The summed E-state index contributed by atoms with van der Waals surface area (Å²) >= 11 is 0. The van der Waals surface area contributed by atoms with E-state index in [1.54, 1.807) is 0 Å². The van der Waals surface area contributed by atoms with Crippen LogP contribution in [0, 0.1) is 0 Å². The van der Waals surface area contributed by atoms with E-state index in [1.165, 1.54) is 0 Å².